The van der Waals surface area contributed by atoms with E-state index in [9.17, 15) is 22.8 Å². The lowest BCUT2D eigenvalue weighted by atomic mass is 10.1. The van der Waals surface area contributed by atoms with Crippen molar-refractivity contribution in [1.29, 1.82) is 0 Å². The topological polar surface area (TPSA) is 55.2 Å². The molecule has 0 aliphatic carbocycles. The quantitative estimate of drug-likeness (QED) is 0.799. The maximum atomic E-state index is 12.7. The minimum absolute atomic E-state index is 0.00401. The Morgan fingerprint density at radius 2 is 1.64 bits per heavy atom. The highest BCUT2D eigenvalue weighted by molar-refractivity contribution is 6.21. The van der Waals surface area contributed by atoms with Gasteiger partial charge in [0.15, 0.2) is 0 Å². The van der Waals surface area contributed by atoms with Crippen LogP contribution in [0.5, 0.6) is 0 Å². The Bertz CT molecular complexity index is 745. The summed E-state index contributed by atoms with van der Waals surface area (Å²) in [5, 5.41) is 3.72. The second-order valence-corrected chi connectivity index (χ2v) is 4.88. The van der Waals surface area contributed by atoms with Crippen molar-refractivity contribution in [3.05, 3.63) is 52.8 Å². The maximum Gasteiger partial charge on any atom is 0.433 e. The van der Waals surface area contributed by atoms with Crippen molar-refractivity contribution in [3.8, 4) is 0 Å². The van der Waals surface area contributed by atoms with Crippen molar-refractivity contribution in [1.82, 2.24) is 14.7 Å². The molecule has 5 nitrogen and oxygen atoms in total. The molecule has 0 unspecified atom stereocenters. The van der Waals surface area contributed by atoms with Gasteiger partial charge in [-0.1, -0.05) is 12.1 Å². The highest BCUT2D eigenvalue weighted by Crippen LogP contribution is 2.30. The van der Waals surface area contributed by atoms with Crippen molar-refractivity contribution in [2.45, 2.75) is 12.7 Å². The van der Waals surface area contributed by atoms with Gasteiger partial charge in [-0.25, -0.2) is 0 Å². The second kappa shape index (κ2) is 4.69. The van der Waals surface area contributed by atoms with Crippen LogP contribution in [0.3, 0.4) is 0 Å². The number of aromatic nitrogens is 2. The maximum absolute atomic E-state index is 12.7. The van der Waals surface area contributed by atoms with E-state index >= 15 is 0 Å². The SMILES string of the molecule is Cn1nc(CN2C(=O)c3ccccc3C2=O)cc1C(F)(F)F. The fourth-order valence-corrected chi connectivity index (χ4v) is 2.41. The summed E-state index contributed by atoms with van der Waals surface area (Å²) in [6.07, 6.45) is -4.54. The average Bonchev–Trinajstić information content (AvgIpc) is 2.93. The first-order valence-electron chi connectivity index (χ1n) is 6.34. The summed E-state index contributed by atoms with van der Waals surface area (Å²) in [7, 11) is 1.16. The summed E-state index contributed by atoms with van der Waals surface area (Å²) in [5.41, 5.74) is -0.428. The Labute approximate surface area is 122 Å². The van der Waals surface area contributed by atoms with Gasteiger partial charge in [0.25, 0.3) is 11.8 Å². The van der Waals surface area contributed by atoms with Crippen LogP contribution in [0.15, 0.2) is 30.3 Å². The lowest BCUT2D eigenvalue weighted by Crippen LogP contribution is -2.29. The van der Waals surface area contributed by atoms with Crippen molar-refractivity contribution in [2.75, 3.05) is 0 Å². The Morgan fingerprint density at radius 3 is 2.09 bits per heavy atom. The van der Waals surface area contributed by atoms with Crippen LogP contribution in [0.1, 0.15) is 32.1 Å². The van der Waals surface area contributed by atoms with Crippen LogP contribution in [0, 0.1) is 0 Å². The molecule has 0 saturated carbocycles. The zero-order valence-corrected chi connectivity index (χ0v) is 11.4. The Kier molecular flexibility index (Phi) is 3.05. The number of hydrogen-bond donors (Lipinski definition) is 0. The molecule has 2 amide bonds. The molecular weight excluding hydrogens is 299 g/mol. The molecule has 0 N–H and O–H groups in total. The Morgan fingerprint density at radius 1 is 1.09 bits per heavy atom. The fourth-order valence-electron chi connectivity index (χ4n) is 2.41. The number of imide groups is 1. The fraction of sp³-hybridized carbons (Fsp3) is 0.214. The first kappa shape index (κ1) is 14.3. The summed E-state index contributed by atoms with van der Waals surface area (Å²) in [6, 6.07) is 7.10. The van der Waals surface area contributed by atoms with Gasteiger partial charge in [0, 0.05) is 7.05 Å². The summed E-state index contributed by atoms with van der Waals surface area (Å²) < 4.78 is 38.9. The molecular formula is C14H10F3N3O2. The number of carbonyl (C=O) groups excluding carboxylic acids is 2. The largest absolute Gasteiger partial charge is 0.433 e. The average molecular weight is 309 g/mol. The first-order chi connectivity index (χ1) is 10.3. The minimum Gasteiger partial charge on any atom is -0.269 e. The number of amides is 2. The molecule has 0 atom stereocenters. The third-order valence-electron chi connectivity index (χ3n) is 3.42. The van der Waals surface area contributed by atoms with Crippen LogP contribution in [0.4, 0.5) is 13.2 Å². The van der Waals surface area contributed by atoms with Crippen molar-refractivity contribution >= 4 is 11.8 Å². The third-order valence-corrected chi connectivity index (χ3v) is 3.42. The van der Waals surface area contributed by atoms with E-state index in [2.05, 4.69) is 5.10 Å². The summed E-state index contributed by atoms with van der Waals surface area (Å²) in [6.45, 7) is -0.295. The van der Waals surface area contributed by atoms with Gasteiger partial charge in [0.1, 0.15) is 5.69 Å². The van der Waals surface area contributed by atoms with E-state index in [0.717, 1.165) is 18.0 Å². The van der Waals surface area contributed by atoms with Crippen LogP contribution in [0.2, 0.25) is 0 Å². The number of alkyl halides is 3. The smallest absolute Gasteiger partial charge is 0.269 e. The molecule has 2 aromatic rings. The molecule has 0 radical (unpaired) electrons. The van der Waals surface area contributed by atoms with Gasteiger partial charge in [-0.15, -0.1) is 0 Å². The number of halogens is 3. The van der Waals surface area contributed by atoms with Gasteiger partial charge in [-0.2, -0.15) is 18.3 Å². The molecule has 2 heterocycles. The standard InChI is InChI=1S/C14H10F3N3O2/c1-19-11(14(15,16)17)6-8(18-19)7-20-12(21)9-4-2-3-5-10(9)13(20)22/h2-6H,7H2,1H3. The normalized spacial score (nSPS) is 14.6. The van der Waals surface area contributed by atoms with Crippen LogP contribution in [-0.2, 0) is 19.8 Å². The van der Waals surface area contributed by atoms with Gasteiger partial charge >= 0.3 is 6.18 Å². The molecule has 0 saturated heterocycles. The zero-order chi connectivity index (χ0) is 16.1. The molecule has 22 heavy (non-hydrogen) atoms. The minimum atomic E-state index is -4.54. The Balaban J connectivity index is 1.90. The number of benzene rings is 1. The number of nitrogens with zero attached hydrogens (tertiary/aromatic N) is 3. The van der Waals surface area contributed by atoms with E-state index in [1.807, 2.05) is 0 Å². The number of carbonyl (C=O) groups is 2. The van der Waals surface area contributed by atoms with Crippen LogP contribution >= 0.6 is 0 Å². The monoisotopic (exact) mass is 309 g/mol. The molecule has 1 aliphatic heterocycles. The summed E-state index contributed by atoms with van der Waals surface area (Å²) >= 11 is 0. The van der Waals surface area contributed by atoms with Gasteiger partial charge in [0.05, 0.1) is 23.4 Å². The lowest BCUT2D eigenvalue weighted by Gasteiger charge is -2.11. The number of aryl methyl sites for hydroxylation is 1. The van der Waals surface area contributed by atoms with E-state index in [1.54, 1.807) is 12.1 Å². The van der Waals surface area contributed by atoms with E-state index in [4.69, 9.17) is 0 Å². The predicted molar refractivity (Wildman–Crippen MR) is 68.9 cm³/mol. The van der Waals surface area contributed by atoms with E-state index < -0.39 is 23.7 Å². The lowest BCUT2D eigenvalue weighted by molar-refractivity contribution is -0.143. The van der Waals surface area contributed by atoms with Crippen molar-refractivity contribution in [3.63, 3.8) is 0 Å². The van der Waals surface area contributed by atoms with E-state index in [0.29, 0.717) is 4.68 Å². The molecule has 1 aromatic heterocycles. The second-order valence-electron chi connectivity index (χ2n) is 4.88. The van der Waals surface area contributed by atoms with E-state index in [1.165, 1.54) is 12.1 Å². The molecule has 8 heteroatoms. The third kappa shape index (κ3) is 2.16. The predicted octanol–water partition coefficient (Wildman–Crippen LogP) is 2.24. The van der Waals surface area contributed by atoms with Gasteiger partial charge in [-0.3, -0.25) is 19.2 Å². The number of rotatable bonds is 2. The molecule has 0 spiro atoms. The zero-order valence-electron chi connectivity index (χ0n) is 11.4. The molecule has 0 bridgehead atoms. The number of fused-ring (bicyclic) bond motifs is 1. The number of hydrogen-bond acceptors (Lipinski definition) is 3. The van der Waals surface area contributed by atoms with Gasteiger partial charge < -0.3 is 0 Å². The van der Waals surface area contributed by atoms with E-state index in [-0.39, 0.29) is 23.4 Å². The molecule has 114 valence electrons. The summed E-state index contributed by atoms with van der Waals surface area (Å²) in [5.74, 6) is -1.06. The van der Waals surface area contributed by atoms with Gasteiger partial charge in [-0.05, 0) is 18.2 Å². The first-order valence-corrected chi connectivity index (χ1v) is 6.34. The van der Waals surface area contributed by atoms with Crippen molar-refractivity contribution in [2.24, 2.45) is 7.05 Å². The van der Waals surface area contributed by atoms with Gasteiger partial charge in [0.2, 0.25) is 0 Å². The van der Waals surface area contributed by atoms with Crippen LogP contribution in [-0.4, -0.2) is 26.5 Å². The van der Waals surface area contributed by atoms with Crippen LogP contribution < -0.4 is 0 Å². The van der Waals surface area contributed by atoms with Crippen molar-refractivity contribution < 1.29 is 22.8 Å². The Hall–Kier alpha value is -2.64. The molecule has 1 aliphatic rings. The molecule has 0 fully saturated rings. The highest BCUT2D eigenvalue weighted by Gasteiger charge is 2.38. The summed E-state index contributed by atoms with van der Waals surface area (Å²) in [4.78, 5) is 25.2. The molecule has 3 rings (SSSR count). The van der Waals surface area contributed by atoms with Crippen LogP contribution in [0.25, 0.3) is 0 Å². The molecule has 1 aromatic carbocycles. The highest BCUT2D eigenvalue weighted by atomic mass is 19.4.